The van der Waals surface area contributed by atoms with E-state index in [1.54, 1.807) is 4.90 Å². The number of amides is 1. The van der Waals surface area contributed by atoms with Gasteiger partial charge in [0.05, 0.1) is 0 Å². The van der Waals surface area contributed by atoms with Crippen molar-refractivity contribution >= 4 is 6.09 Å². The van der Waals surface area contributed by atoms with E-state index in [2.05, 4.69) is 0 Å². The van der Waals surface area contributed by atoms with E-state index in [1.807, 2.05) is 27.7 Å². The van der Waals surface area contributed by atoms with Crippen molar-refractivity contribution in [1.82, 2.24) is 4.90 Å². The zero-order valence-corrected chi connectivity index (χ0v) is 10.8. The first-order valence-corrected chi connectivity index (χ1v) is 6.06. The minimum atomic E-state index is -0.434. The minimum Gasteiger partial charge on any atom is -0.444 e. The summed E-state index contributed by atoms with van der Waals surface area (Å²) >= 11 is 0. The van der Waals surface area contributed by atoms with Crippen LogP contribution >= 0.6 is 0 Å². The topological polar surface area (TPSA) is 55.6 Å². The molecule has 1 aliphatic rings. The Hall–Kier alpha value is -0.770. The Morgan fingerprint density at radius 1 is 1.44 bits per heavy atom. The molecular formula is C12H24N2O2. The Morgan fingerprint density at radius 3 is 2.56 bits per heavy atom. The van der Waals surface area contributed by atoms with Gasteiger partial charge in [-0.25, -0.2) is 4.79 Å². The van der Waals surface area contributed by atoms with Crippen molar-refractivity contribution in [2.45, 2.75) is 64.6 Å². The highest BCUT2D eigenvalue weighted by atomic mass is 16.6. The van der Waals surface area contributed by atoms with Gasteiger partial charge in [0, 0.05) is 18.6 Å². The van der Waals surface area contributed by atoms with Gasteiger partial charge in [-0.05, 0) is 47.0 Å². The quantitative estimate of drug-likeness (QED) is 0.748. The molecule has 1 rings (SSSR count). The van der Waals surface area contributed by atoms with Crippen LogP contribution in [0.25, 0.3) is 0 Å². The summed E-state index contributed by atoms with van der Waals surface area (Å²) in [7, 11) is 0. The van der Waals surface area contributed by atoms with E-state index in [0.717, 1.165) is 25.8 Å². The summed E-state index contributed by atoms with van der Waals surface area (Å²) < 4.78 is 5.39. The second-order valence-electron chi connectivity index (χ2n) is 5.60. The van der Waals surface area contributed by atoms with Gasteiger partial charge in [-0.1, -0.05) is 0 Å². The molecule has 16 heavy (non-hydrogen) atoms. The van der Waals surface area contributed by atoms with Crippen LogP contribution in [0.4, 0.5) is 4.79 Å². The van der Waals surface area contributed by atoms with Gasteiger partial charge in [0.15, 0.2) is 0 Å². The maximum absolute atomic E-state index is 12.0. The fraction of sp³-hybridized carbons (Fsp3) is 0.917. The van der Waals surface area contributed by atoms with Crippen LogP contribution in [0.1, 0.15) is 47.0 Å². The number of carbonyl (C=O) groups excluding carboxylic acids is 1. The third-order valence-corrected chi connectivity index (χ3v) is 2.78. The van der Waals surface area contributed by atoms with Crippen LogP contribution in [0.15, 0.2) is 0 Å². The third kappa shape index (κ3) is 3.67. The monoisotopic (exact) mass is 228 g/mol. The lowest BCUT2D eigenvalue weighted by molar-refractivity contribution is 0.00731. The third-order valence-electron chi connectivity index (χ3n) is 2.78. The normalized spacial score (nSPS) is 24.1. The summed E-state index contributed by atoms with van der Waals surface area (Å²) in [4.78, 5) is 13.8. The summed E-state index contributed by atoms with van der Waals surface area (Å²) in [6, 6.07) is 0.136. The van der Waals surface area contributed by atoms with Gasteiger partial charge < -0.3 is 15.4 Å². The molecule has 2 N–H and O–H groups in total. The fourth-order valence-electron chi connectivity index (χ4n) is 2.05. The number of hydrogen-bond acceptors (Lipinski definition) is 3. The molecule has 1 saturated heterocycles. The number of hydrogen-bond donors (Lipinski definition) is 1. The van der Waals surface area contributed by atoms with Crippen molar-refractivity contribution in [3.63, 3.8) is 0 Å². The maximum Gasteiger partial charge on any atom is 0.410 e. The van der Waals surface area contributed by atoms with E-state index in [-0.39, 0.29) is 18.2 Å². The molecule has 0 aromatic carbocycles. The first-order chi connectivity index (χ1) is 7.31. The van der Waals surface area contributed by atoms with Crippen molar-refractivity contribution in [1.29, 1.82) is 0 Å². The second-order valence-corrected chi connectivity index (χ2v) is 5.60. The van der Waals surface area contributed by atoms with Crippen molar-refractivity contribution in [2.75, 3.05) is 6.54 Å². The van der Waals surface area contributed by atoms with E-state index in [1.165, 1.54) is 0 Å². The van der Waals surface area contributed by atoms with Gasteiger partial charge in [-0.15, -0.1) is 0 Å². The number of nitrogens with two attached hydrogens (primary N) is 1. The van der Waals surface area contributed by atoms with Crippen molar-refractivity contribution in [3.05, 3.63) is 0 Å². The van der Waals surface area contributed by atoms with Crippen LogP contribution < -0.4 is 5.73 Å². The maximum atomic E-state index is 12.0. The molecule has 4 nitrogen and oxygen atoms in total. The van der Waals surface area contributed by atoms with E-state index >= 15 is 0 Å². The highest BCUT2D eigenvalue weighted by Crippen LogP contribution is 2.21. The number of rotatable bonds is 1. The Labute approximate surface area is 98.1 Å². The minimum absolute atomic E-state index is 0.00724. The van der Waals surface area contributed by atoms with E-state index < -0.39 is 5.60 Å². The first-order valence-electron chi connectivity index (χ1n) is 6.06. The Kier molecular flexibility index (Phi) is 4.19. The summed E-state index contributed by atoms with van der Waals surface area (Å²) in [6.45, 7) is 8.37. The molecule has 0 spiro atoms. The molecule has 1 amide bonds. The predicted octanol–water partition coefficient (Wildman–Crippen LogP) is 2.12. The molecule has 1 aliphatic heterocycles. The average molecular weight is 228 g/mol. The number of piperidine rings is 1. The lowest BCUT2D eigenvalue weighted by Gasteiger charge is -2.38. The molecule has 94 valence electrons. The van der Waals surface area contributed by atoms with Crippen LogP contribution in [0.5, 0.6) is 0 Å². The van der Waals surface area contributed by atoms with E-state index in [0.29, 0.717) is 0 Å². The van der Waals surface area contributed by atoms with Crippen molar-refractivity contribution in [3.8, 4) is 0 Å². The standard InChI is InChI=1S/C12H24N2O2/c1-9(13)10-7-5-6-8-14(10)11(15)16-12(2,3)4/h9-10H,5-8,13H2,1-4H3/t9?,10-/m1/s1. The van der Waals surface area contributed by atoms with E-state index in [4.69, 9.17) is 10.5 Å². The molecule has 0 aliphatic carbocycles. The smallest absolute Gasteiger partial charge is 0.410 e. The molecule has 0 aromatic heterocycles. The highest BCUT2D eigenvalue weighted by Gasteiger charge is 2.32. The predicted molar refractivity (Wildman–Crippen MR) is 64.2 cm³/mol. The van der Waals surface area contributed by atoms with Gasteiger partial charge in [0.2, 0.25) is 0 Å². The lowest BCUT2D eigenvalue weighted by atomic mass is 9.97. The van der Waals surface area contributed by atoms with Gasteiger partial charge in [-0.3, -0.25) is 0 Å². The van der Waals surface area contributed by atoms with Crippen LogP contribution in [-0.2, 0) is 4.74 Å². The zero-order chi connectivity index (χ0) is 12.3. The van der Waals surface area contributed by atoms with Gasteiger partial charge in [0.25, 0.3) is 0 Å². The summed E-state index contributed by atoms with van der Waals surface area (Å²) in [5, 5.41) is 0. The largest absolute Gasteiger partial charge is 0.444 e. The Bertz CT molecular complexity index is 246. The van der Waals surface area contributed by atoms with Crippen LogP contribution in [0.2, 0.25) is 0 Å². The Balaban J connectivity index is 2.64. The average Bonchev–Trinajstić information content (AvgIpc) is 2.15. The summed E-state index contributed by atoms with van der Waals surface area (Å²) in [6.07, 6.45) is 2.94. The zero-order valence-electron chi connectivity index (χ0n) is 10.8. The highest BCUT2D eigenvalue weighted by molar-refractivity contribution is 5.68. The van der Waals surface area contributed by atoms with Crippen LogP contribution in [-0.4, -0.2) is 35.2 Å². The van der Waals surface area contributed by atoms with Gasteiger partial charge in [0.1, 0.15) is 5.60 Å². The van der Waals surface area contributed by atoms with Gasteiger partial charge in [-0.2, -0.15) is 0 Å². The Morgan fingerprint density at radius 2 is 2.06 bits per heavy atom. The number of carbonyl (C=O) groups is 1. The van der Waals surface area contributed by atoms with Crippen molar-refractivity contribution < 1.29 is 9.53 Å². The van der Waals surface area contributed by atoms with Gasteiger partial charge >= 0.3 is 6.09 Å². The molecule has 1 fully saturated rings. The molecule has 0 saturated carbocycles. The molecule has 1 heterocycles. The lowest BCUT2D eigenvalue weighted by Crippen LogP contribution is -2.52. The first kappa shape index (κ1) is 13.3. The number of ether oxygens (including phenoxy) is 1. The van der Waals surface area contributed by atoms with Crippen LogP contribution in [0.3, 0.4) is 0 Å². The number of likely N-dealkylation sites (tertiary alicyclic amines) is 1. The molecule has 1 unspecified atom stereocenters. The SMILES string of the molecule is CC(N)[C@H]1CCCCN1C(=O)OC(C)(C)C. The molecular weight excluding hydrogens is 204 g/mol. The molecule has 0 bridgehead atoms. The summed E-state index contributed by atoms with van der Waals surface area (Å²) in [5.74, 6) is 0. The molecule has 0 radical (unpaired) electrons. The molecule has 4 heteroatoms. The molecule has 0 aromatic rings. The van der Waals surface area contributed by atoms with E-state index in [9.17, 15) is 4.79 Å². The fourth-order valence-corrected chi connectivity index (χ4v) is 2.05. The second kappa shape index (κ2) is 5.04. The van der Waals surface area contributed by atoms with Crippen LogP contribution in [0, 0.1) is 0 Å². The number of nitrogens with zero attached hydrogens (tertiary/aromatic N) is 1. The summed E-state index contributed by atoms with van der Waals surface area (Å²) in [5.41, 5.74) is 5.48. The molecule has 2 atom stereocenters. The van der Waals surface area contributed by atoms with Crippen molar-refractivity contribution in [2.24, 2.45) is 5.73 Å².